The summed E-state index contributed by atoms with van der Waals surface area (Å²) < 4.78 is 13.2. The van der Waals surface area contributed by atoms with Gasteiger partial charge >= 0.3 is 0 Å². The topological polar surface area (TPSA) is 55.1 Å². The van der Waals surface area contributed by atoms with Gasteiger partial charge in [-0.15, -0.1) is 12.4 Å². The van der Waals surface area contributed by atoms with Gasteiger partial charge in [-0.25, -0.2) is 4.39 Å². The van der Waals surface area contributed by atoms with Crippen LogP contribution in [0.1, 0.15) is 42.9 Å². The highest BCUT2D eigenvalue weighted by molar-refractivity contribution is 5.88. The van der Waals surface area contributed by atoms with Crippen molar-refractivity contribution >= 4 is 18.3 Å². The average Bonchev–Trinajstić information content (AvgIpc) is 3.12. The van der Waals surface area contributed by atoms with Crippen molar-refractivity contribution in [2.75, 3.05) is 6.54 Å². The molecular weight excluding hydrogens is 339 g/mol. The first kappa shape index (κ1) is 19.4. The first-order valence-corrected chi connectivity index (χ1v) is 8.47. The standard InChI is InChI=1S/C20H23FN2O.ClH/c21-17-10-8-16(9-11-17)20(12-4-5-13-20)19(24)23-14-18(22)15-6-2-1-3-7-15;/h1-3,6-11,18H,4-5,12-14,22H2,(H,23,24);1H. The lowest BCUT2D eigenvalue weighted by atomic mass is 9.78. The van der Waals surface area contributed by atoms with Crippen molar-refractivity contribution in [2.45, 2.75) is 37.1 Å². The van der Waals surface area contributed by atoms with Crippen molar-refractivity contribution < 1.29 is 9.18 Å². The number of rotatable bonds is 5. The van der Waals surface area contributed by atoms with Crippen molar-refractivity contribution in [1.82, 2.24) is 5.32 Å². The number of benzene rings is 2. The quantitative estimate of drug-likeness (QED) is 0.848. The molecule has 2 aromatic carbocycles. The van der Waals surface area contributed by atoms with Gasteiger partial charge in [0.05, 0.1) is 5.41 Å². The number of carbonyl (C=O) groups excluding carboxylic acids is 1. The van der Waals surface area contributed by atoms with Gasteiger partial charge in [0.2, 0.25) is 5.91 Å². The molecule has 0 aliphatic heterocycles. The fourth-order valence-corrected chi connectivity index (χ4v) is 3.58. The highest BCUT2D eigenvalue weighted by Crippen LogP contribution is 2.41. The summed E-state index contributed by atoms with van der Waals surface area (Å²) in [4.78, 5) is 12.9. The lowest BCUT2D eigenvalue weighted by Crippen LogP contribution is -2.44. The molecule has 5 heteroatoms. The second-order valence-electron chi connectivity index (χ2n) is 6.52. The van der Waals surface area contributed by atoms with Gasteiger partial charge in [-0.3, -0.25) is 4.79 Å². The van der Waals surface area contributed by atoms with Crippen LogP contribution in [0, 0.1) is 5.82 Å². The van der Waals surface area contributed by atoms with Gasteiger partial charge in [-0.1, -0.05) is 55.3 Å². The first-order valence-electron chi connectivity index (χ1n) is 8.47. The summed E-state index contributed by atoms with van der Waals surface area (Å²) in [6.45, 7) is 0.395. The minimum absolute atomic E-state index is 0. The van der Waals surface area contributed by atoms with Crippen molar-refractivity contribution in [3.63, 3.8) is 0 Å². The Bertz CT molecular complexity index is 685. The molecule has 0 bridgehead atoms. The predicted molar refractivity (Wildman–Crippen MR) is 100 cm³/mol. The monoisotopic (exact) mass is 362 g/mol. The van der Waals surface area contributed by atoms with Crippen LogP contribution in [0.4, 0.5) is 4.39 Å². The number of halogens is 2. The molecule has 1 unspecified atom stereocenters. The second-order valence-corrected chi connectivity index (χ2v) is 6.52. The third kappa shape index (κ3) is 4.20. The summed E-state index contributed by atoms with van der Waals surface area (Å²) >= 11 is 0. The molecule has 3 rings (SSSR count). The molecule has 1 fully saturated rings. The van der Waals surface area contributed by atoms with E-state index in [2.05, 4.69) is 5.32 Å². The Hall–Kier alpha value is -1.91. The molecule has 1 atom stereocenters. The van der Waals surface area contributed by atoms with Gasteiger partial charge in [0, 0.05) is 12.6 Å². The third-order valence-electron chi connectivity index (χ3n) is 5.00. The molecule has 0 saturated heterocycles. The number of amides is 1. The Labute approximate surface area is 154 Å². The molecule has 134 valence electrons. The van der Waals surface area contributed by atoms with E-state index in [1.807, 2.05) is 30.3 Å². The van der Waals surface area contributed by atoms with Gasteiger partial charge < -0.3 is 11.1 Å². The molecule has 1 saturated carbocycles. The van der Waals surface area contributed by atoms with Crippen LogP contribution in [0.25, 0.3) is 0 Å². The molecule has 3 N–H and O–H groups in total. The van der Waals surface area contributed by atoms with Crippen LogP contribution in [0.2, 0.25) is 0 Å². The van der Waals surface area contributed by atoms with Gasteiger partial charge in [-0.2, -0.15) is 0 Å². The molecule has 0 aromatic heterocycles. The average molecular weight is 363 g/mol. The maximum Gasteiger partial charge on any atom is 0.230 e. The van der Waals surface area contributed by atoms with Gasteiger partial charge in [0.15, 0.2) is 0 Å². The predicted octanol–water partition coefficient (Wildman–Crippen LogP) is 3.88. The molecule has 2 aromatic rings. The Kier molecular flexibility index (Phi) is 6.57. The van der Waals surface area contributed by atoms with E-state index in [4.69, 9.17) is 5.73 Å². The van der Waals surface area contributed by atoms with Crippen LogP contribution in [0.15, 0.2) is 54.6 Å². The van der Waals surface area contributed by atoms with Crippen LogP contribution >= 0.6 is 12.4 Å². The molecular formula is C20H24ClFN2O. The Balaban J connectivity index is 0.00000225. The molecule has 0 spiro atoms. The lowest BCUT2D eigenvalue weighted by molar-refractivity contribution is -0.126. The molecule has 3 nitrogen and oxygen atoms in total. The molecule has 25 heavy (non-hydrogen) atoms. The van der Waals surface area contributed by atoms with Crippen LogP contribution < -0.4 is 11.1 Å². The maximum absolute atomic E-state index is 13.2. The molecule has 1 aliphatic carbocycles. The van der Waals surface area contributed by atoms with E-state index >= 15 is 0 Å². The van der Waals surface area contributed by atoms with Crippen LogP contribution in [-0.2, 0) is 10.2 Å². The summed E-state index contributed by atoms with van der Waals surface area (Å²) in [5, 5.41) is 3.02. The van der Waals surface area contributed by atoms with Gasteiger partial charge in [-0.05, 0) is 36.1 Å². The summed E-state index contributed by atoms with van der Waals surface area (Å²) in [6.07, 6.45) is 3.61. The lowest BCUT2D eigenvalue weighted by Gasteiger charge is -2.29. The van der Waals surface area contributed by atoms with Gasteiger partial charge in [0.1, 0.15) is 5.82 Å². The summed E-state index contributed by atoms with van der Waals surface area (Å²) in [7, 11) is 0. The van der Waals surface area contributed by atoms with Crippen LogP contribution in [0.5, 0.6) is 0 Å². The number of nitrogens with one attached hydrogen (secondary N) is 1. The Morgan fingerprint density at radius 3 is 2.28 bits per heavy atom. The van der Waals surface area contributed by atoms with E-state index in [0.717, 1.165) is 36.8 Å². The largest absolute Gasteiger partial charge is 0.353 e. The normalized spacial score (nSPS) is 16.7. The minimum atomic E-state index is -0.551. The highest BCUT2D eigenvalue weighted by Gasteiger charge is 2.42. The van der Waals surface area contributed by atoms with Gasteiger partial charge in [0.25, 0.3) is 0 Å². The van der Waals surface area contributed by atoms with E-state index in [1.54, 1.807) is 12.1 Å². The van der Waals surface area contributed by atoms with E-state index in [0.29, 0.717) is 6.54 Å². The Morgan fingerprint density at radius 1 is 1.08 bits per heavy atom. The molecule has 1 amide bonds. The number of carbonyl (C=O) groups is 1. The number of hydrogen-bond donors (Lipinski definition) is 2. The fourth-order valence-electron chi connectivity index (χ4n) is 3.58. The van der Waals surface area contributed by atoms with Crippen molar-refractivity contribution in [1.29, 1.82) is 0 Å². The number of hydrogen-bond acceptors (Lipinski definition) is 2. The minimum Gasteiger partial charge on any atom is -0.353 e. The van der Waals surface area contributed by atoms with E-state index < -0.39 is 5.41 Å². The fraction of sp³-hybridized carbons (Fsp3) is 0.350. The first-order chi connectivity index (χ1) is 11.6. The van der Waals surface area contributed by atoms with E-state index in [1.165, 1.54) is 12.1 Å². The summed E-state index contributed by atoms with van der Waals surface area (Å²) in [5.41, 5.74) is 7.52. The van der Waals surface area contributed by atoms with Crippen molar-refractivity contribution in [2.24, 2.45) is 5.73 Å². The second kappa shape index (κ2) is 8.45. The summed E-state index contributed by atoms with van der Waals surface area (Å²) in [6, 6.07) is 15.8. The maximum atomic E-state index is 13.2. The molecule has 1 aliphatic rings. The zero-order valence-corrected chi connectivity index (χ0v) is 14.9. The van der Waals surface area contributed by atoms with E-state index in [-0.39, 0.29) is 30.2 Å². The zero-order chi connectivity index (χ0) is 17.0. The highest BCUT2D eigenvalue weighted by atomic mass is 35.5. The smallest absolute Gasteiger partial charge is 0.230 e. The SMILES string of the molecule is Cl.NC(CNC(=O)C1(c2ccc(F)cc2)CCCC1)c1ccccc1. The Morgan fingerprint density at radius 2 is 1.68 bits per heavy atom. The molecule has 0 heterocycles. The summed E-state index contributed by atoms with van der Waals surface area (Å²) in [5.74, 6) is -0.281. The van der Waals surface area contributed by atoms with Crippen molar-refractivity contribution in [3.8, 4) is 0 Å². The van der Waals surface area contributed by atoms with Crippen molar-refractivity contribution in [3.05, 3.63) is 71.5 Å². The van der Waals surface area contributed by atoms with Crippen LogP contribution in [0.3, 0.4) is 0 Å². The van der Waals surface area contributed by atoms with E-state index in [9.17, 15) is 9.18 Å². The molecule has 0 radical (unpaired) electrons. The third-order valence-corrected chi connectivity index (χ3v) is 5.00. The van der Waals surface area contributed by atoms with Crippen LogP contribution in [-0.4, -0.2) is 12.5 Å². The number of nitrogens with two attached hydrogens (primary N) is 1. The zero-order valence-electron chi connectivity index (χ0n) is 14.1.